The molecule has 0 spiro atoms. The molecule has 0 bridgehead atoms. The third-order valence-electron chi connectivity index (χ3n) is 8.27. The molecule has 1 amide bonds. The highest BCUT2D eigenvalue weighted by Crippen LogP contribution is 2.39. The van der Waals surface area contributed by atoms with Gasteiger partial charge in [0.1, 0.15) is 0 Å². The summed E-state index contributed by atoms with van der Waals surface area (Å²) in [5.41, 5.74) is 8.55. The van der Waals surface area contributed by atoms with Gasteiger partial charge in [-0.1, -0.05) is 146 Å². The van der Waals surface area contributed by atoms with Gasteiger partial charge >= 0.3 is 0 Å². The molecule has 0 saturated carbocycles. The number of hydroxylamine groups is 1. The number of hydrogen-bond donors (Lipinski definition) is 1. The zero-order chi connectivity index (χ0) is 28.6. The fourth-order valence-electron chi connectivity index (χ4n) is 5.95. The van der Waals surface area contributed by atoms with Crippen LogP contribution in [0.15, 0.2) is 146 Å². The van der Waals surface area contributed by atoms with E-state index >= 15 is 0 Å². The van der Waals surface area contributed by atoms with E-state index in [1.54, 1.807) is 0 Å². The van der Waals surface area contributed by atoms with E-state index in [-0.39, 0.29) is 11.8 Å². The van der Waals surface area contributed by atoms with Crippen molar-refractivity contribution in [2.24, 2.45) is 5.92 Å². The van der Waals surface area contributed by atoms with E-state index < -0.39 is 5.60 Å². The SMILES string of the molecule is O=C(NOC(c1ccccc1)(c1ccccc1)c1ccccc1)C1CCN(Cc2ccc(-c3ccccc3)cc2)CC1. The number of benzene rings is 5. The van der Waals surface area contributed by atoms with Crippen molar-refractivity contribution in [2.75, 3.05) is 13.1 Å². The predicted molar refractivity (Wildman–Crippen MR) is 168 cm³/mol. The average Bonchev–Trinajstić information content (AvgIpc) is 3.07. The summed E-state index contributed by atoms with van der Waals surface area (Å²) in [5, 5.41) is 0. The van der Waals surface area contributed by atoms with Gasteiger partial charge in [-0.15, -0.1) is 0 Å². The average molecular weight is 553 g/mol. The molecule has 4 heteroatoms. The second kappa shape index (κ2) is 13.0. The topological polar surface area (TPSA) is 41.6 Å². The summed E-state index contributed by atoms with van der Waals surface area (Å²) in [4.78, 5) is 22.5. The molecule has 1 fully saturated rings. The lowest BCUT2D eigenvalue weighted by Gasteiger charge is -2.36. The van der Waals surface area contributed by atoms with Crippen molar-refractivity contribution >= 4 is 5.91 Å². The Labute approximate surface area is 248 Å². The van der Waals surface area contributed by atoms with Crippen LogP contribution in [0.25, 0.3) is 11.1 Å². The van der Waals surface area contributed by atoms with Gasteiger partial charge in [-0.25, -0.2) is 5.48 Å². The van der Waals surface area contributed by atoms with Crippen LogP contribution >= 0.6 is 0 Å². The minimum atomic E-state index is -0.980. The number of piperidine rings is 1. The van der Waals surface area contributed by atoms with Crippen LogP contribution in [-0.2, 0) is 21.8 Å². The van der Waals surface area contributed by atoms with Crippen LogP contribution in [-0.4, -0.2) is 23.9 Å². The number of carbonyl (C=O) groups excluding carboxylic acids is 1. The van der Waals surface area contributed by atoms with Crippen LogP contribution in [0.4, 0.5) is 0 Å². The second-order valence-corrected chi connectivity index (χ2v) is 11.0. The Balaban J connectivity index is 1.12. The summed E-state index contributed by atoms with van der Waals surface area (Å²) in [6, 6.07) is 49.6. The Hall–Kier alpha value is -4.51. The van der Waals surface area contributed by atoms with Crippen molar-refractivity contribution in [3.63, 3.8) is 0 Å². The number of nitrogens with one attached hydrogen (secondary N) is 1. The summed E-state index contributed by atoms with van der Waals surface area (Å²) in [6.45, 7) is 2.64. The van der Waals surface area contributed by atoms with E-state index in [2.05, 4.69) is 95.3 Å². The lowest BCUT2D eigenvalue weighted by atomic mass is 9.80. The quantitative estimate of drug-likeness (QED) is 0.151. The molecule has 5 aromatic carbocycles. The van der Waals surface area contributed by atoms with Gasteiger partial charge < -0.3 is 0 Å². The first kappa shape index (κ1) is 27.6. The molecule has 1 saturated heterocycles. The van der Waals surface area contributed by atoms with Crippen LogP contribution < -0.4 is 5.48 Å². The molecular formula is C38H36N2O2. The first-order valence-electron chi connectivity index (χ1n) is 14.7. The standard InChI is InChI=1S/C38H36N2O2/c41-37(33-25-27-40(28-26-33)29-30-21-23-32(24-22-30)31-13-5-1-6-14-31)39-42-38(34-15-7-2-8-16-34,35-17-9-3-10-18-35)36-19-11-4-12-20-36/h1-24,33H,25-29H2,(H,39,41). The smallest absolute Gasteiger partial charge is 0.246 e. The number of rotatable bonds is 9. The van der Waals surface area contributed by atoms with Crippen molar-refractivity contribution in [3.05, 3.63) is 168 Å². The molecule has 1 heterocycles. The van der Waals surface area contributed by atoms with E-state index in [4.69, 9.17) is 4.84 Å². The lowest BCUT2D eigenvalue weighted by Crippen LogP contribution is -2.45. The summed E-state index contributed by atoms with van der Waals surface area (Å²) < 4.78 is 0. The molecule has 42 heavy (non-hydrogen) atoms. The molecule has 0 unspecified atom stereocenters. The third-order valence-corrected chi connectivity index (χ3v) is 8.27. The summed E-state index contributed by atoms with van der Waals surface area (Å²) in [5.74, 6) is -0.157. The Morgan fingerprint density at radius 3 is 1.52 bits per heavy atom. The molecule has 6 rings (SSSR count). The Kier molecular flexibility index (Phi) is 8.55. The van der Waals surface area contributed by atoms with Crippen molar-refractivity contribution < 1.29 is 9.63 Å². The normalized spacial score (nSPS) is 14.4. The molecule has 5 aromatic rings. The monoisotopic (exact) mass is 552 g/mol. The summed E-state index contributed by atoms with van der Waals surface area (Å²) in [6.07, 6.45) is 1.60. The molecule has 1 aliphatic heterocycles. The van der Waals surface area contributed by atoms with Gasteiger partial charge in [0.05, 0.1) is 0 Å². The fourth-order valence-corrected chi connectivity index (χ4v) is 5.95. The summed E-state index contributed by atoms with van der Waals surface area (Å²) >= 11 is 0. The molecule has 1 N–H and O–H groups in total. The van der Waals surface area contributed by atoms with Gasteiger partial charge in [0, 0.05) is 12.5 Å². The van der Waals surface area contributed by atoms with Gasteiger partial charge in [-0.2, -0.15) is 0 Å². The molecular weight excluding hydrogens is 516 g/mol. The molecule has 0 aromatic heterocycles. The number of carbonyl (C=O) groups is 1. The largest absolute Gasteiger partial charge is 0.299 e. The number of amides is 1. The van der Waals surface area contributed by atoms with Crippen molar-refractivity contribution in [3.8, 4) is 11.1 Å². The van der Waals surface area contributed by atoms with E-state index in [1.807, 2.05) is 60.7 Å². The van der Waals surface area contributed by atoms with Crippen molar-refractivity contribution in [2.45, 2.75) is 25.0 Å². The van der Waals surface area contributed by atoms with E-state index in [9.17, 15) is 4.79 Å². The van der Waals surface area contributed by atoms with E-state index in [0.29, 0.717) is 0 Å². The van der Waals surface area contributed by atoms with E-state index in [0.717, 1.165) is 49.2 Å². The lowest BCUT2D eigenvalue weighted by molar-refractivity contribution is -0.149. The maximum atomic E-state index is 13.5. The first-order chi connectivity index (χ1) is 20.7. The molecule has 0 atom stereocenters. The van der Waals surface area contributed by atoms with Gasteiger partial charge in [0.2, 0.25) is 5.91 Å². The maximum absolute atomic E-state index is 13.5. The first-order valence-corrected chi connectivity index (χ1v) is 14.7. The highest BCUT2D eigenvalue weighted by Gasteiger charge is 2.39. The zero-order valence-corrected chi connectivity index (χ0v) is 23.7. The van der Waals surface area contributed by atoms with Gasteiger partial charge in [-0.05, 0) is 59.3 Å². The molecule has 0 radical (unpaired) electrons. The number of likely N-dealkylation sites (tertiary alicyclic amines) is 1. The molecule has 1 aliphatic rings. The van der Waals surface area contributed by atoms with Crippen LogP contribution in [0.5, 0.6) is 0 Å². The number of nitrogens with zero attached hydrogens (tertiary/aromatic N) is 1. The highest BCUT2D eigenvalue weighted by molar-refractivity contribution is 5.77. The zero-order valence-electron chi connectivity index (χ0n) is 23.7. The minimum Gasteiger partial charge on any atom is -0.299 e. The molecule has 210 valence electrons. The molecule has 4 nitrogen and oxygen atoms in total. The third kappa shape index (κ3) is 6.06. The Bertz CT molecular complexity index is 1450. The fraction of sp³-hybridized carbons (Fsp3) is 0.184. The number of hydrogen-bond acceptors (Lipinski definition) is 3. The maximum Gasteiger partial charge on any atom is 0.246 e. The minimum absolute atomic E-state index is 0.0611. The second-order valence-electron chi connectivity index (χ2n) is 11.0. The van der Waals surface area contributed by atoms with E-state index in [1.165, 1.54) is 16.7 Å². The van der Waals surface area contributed by atoms with Gasteiger partial charge in [0.15, 0.2) is 5.60 Å². The van der Waals surface area contributed by atoms with Crippen LogP contribution in [0, 0.1) is 5.92 Å². The highest BCUT2D eigenvalue weighted by atomic mass is 16.7. The van der Waals surface area contributed by atoms with Crippen molar-refractivity contribution in [1.82, 2.24) is 10.4 Å². The van der Waals surface area contributed by atoms with Crippen molar-refractivity contribution in [1.29, 1.82) is 0 Å². The van der Waals surface area contributed by atoms with Crippen LogP contribution in [0.1, 0.15) is 35.1 Å². The Morgan fingerprint density at radius 2 is 1.05 bits per heavy atom. The Morgan fingerprint density at radius 1 is 0.619 bits per heavy atom. The summed E-state index contributed by atoms with van der Waals surface area (Å²) in [7, 11) is 0. The van der Waals surface area contributed by atoms with Crippen LogP contribution in [0.3, 0.4) is 0 Å². The van der Waals surface area contributed by atoms with Gasteiger partial charge in [-0.3, -0.25) is 14.5 Å². The van der Waals surface area contributed by atoms with Gasteiger partial charge in [0.25, 0.3) is 0 Å². The molecule has 0 aliphatic carbocycles. The van der Waals surface area contributed by atoms with Crippen LogP contribution in [0.2, 0.25) is 0 Å². The predicted octanol–water partition coefficient (Wildman–Crippen LogP) is 7.61.